The summed E-state index contributed by atoms with van der Waals surface area (Å²) in [6.07, 6.45) is 0.183. The van der Waals surface area contributed by atoms with E-state index in [9.17, 15) is 14.0 Å². The molecule has 2 amide bonds. The van der Waals surface area contributed by atoms with Gasteiger partial charge in [0.1, 0.15) is 5.82 Å². The first-order chi connectivity index (χ1) is 8.61. The van der Waals surface area contributed by atoms with Gasteiger partial charge in [0.05, 0.1) is 5.92 Å². The van der Waals surface area contributed by atoms with Gasteiger partial charge < -0.3 is 10.2 Å². The molecule has 1 heterocycles. The fourth-order valence-electron chi connectivity index (χ4n) is 2.10. The summed E-state index contributed by atoms with van der Waals surface area (Å²) in [5.41, 5.74) is 0.506. The molecule has 18 heavy (non-hydrogen) atoms. The Hall–Kier alpha value is -1.91. The van der Waals surface area contributed by atoms with Gasteiger partial charge in [-0.15, -0.1) is 0 Å². The van der Waals surface area contributed by atoms with E-state index in [1.807, 2.05) is 6.92 Å². The van der Waals surface area contributed by atoms with Crippen molar-refractivity contribution in [1.29, 1.82) is 0 Å². The van der Waals surface area contributed by atoms with Crippen LogP contribution in [0.3, 0.4) is 0 Å². The predicted molar refractivity (Wildman–Crippen MR) is 65.5 cm³/mol. The highest BCUT2D eigenvalue weighted by Gasteiger charge is 2.34. The Bertz CT molecular complexity index is 476. The van der Waals surface area contributed by atoms with E-state index in [0.29, 0.717) is 18.8 Å². The number of hydrogen-bond donors (Lipinski definition) is 1. The molecule has 0 aromatic heterocycles. The van der Waals surface area contributed by atoms with Crippen LogP contribution in [-0.2, 0) is 9.59 Å². The molecule has 1 aliphatic heterocycles. The molecule has 1 aliphatic rings. The highest BCUT2D eigenvalue weighted by Crippen LogP contribution is 2.25. The van der Waals surface area contributed by atoms with E-state index in [-0.39, 0.29) is 30.0 Å². The number of rotatable bonds is 3. The summed E-state index contributed by atoms with van der Waals surface area (Å²) in [7, 11) is 0. The maximum Gasteiger partial charge on any atom is 0.227 e. The average molecular weight is 250 g/mol. The van der Waals surface area contributed by atoms with Crippen LogP contribution >= 0.6 is 0 Å². The normalized spacial score (nSPS) is 19.1. The molecule has 1 aromatic rings. The number of hydrogen-bond acceptors (Lipinski definition) is 2. The summed E-state index contributed by atoms with van der Waals surface area (Å²) in [6, 6.07) is 5.85. The van der Waals surface area contributed by atoms with E-state index in [4.69, 9.17) is 0 Å². The first kappa shape index (κ1) is 12.5. The number of nitrogens with zero attached hydrogens (tertiary/aromatic N) is 1. The molecule has 0 radical (unpaired) electrons. The Morgan fingerprint density at radius 3 is 3.00 bits per heavy atom. The standard InChI is InChI=1S/C13H15FN2O2/c1-2-15-13(18)9-6-12(17)16(8-9)11-5-3-4-10(14)7-11/h3-5,7,9H,2,6,8H2,1H3,(H,15,18). The van der Waals surface area contributed by atoms with E-state index in [1.165, 1.54) is 17.0 Å². The third-order valence-electron chi connectivity index (χ3n) is 2.97. The fourth-order valence-corrected chi connectivity index (χ4v) is 2.10. The van der Waals surface area contributed by atoms with E-state index >= 15 is 0 Å². The summed E-state index contributed by atoms with van der Waals surface area (Å²) in [6.45, 7) is 2.69. The van der Waals surface area contributed by atoms with Crippen LogP contribution in [0, 0.1) is 11.7 Å². The van der Waals surface area contributed by atoms with E-state index < -0.39 is 0 Å². The summed E-state index contributed by atoms with van der Waals surface area (Å²) in [5, 5.41) is 2.70. The topological polar surface area (TPSA) is 49.4 Å². The van der Waals surface area contributed by atoms with Crippen LogP contribution in [0.1, 0.15) is 13.3 Å². The minimum atomic E-state index is -0.387. The number of carbonyl (C=O) groups excluding carboxylic acids is 2. The van der Waals surface area contributed by atoms with Crippen LogP contribution in [-0.4, -0.2) is 24.9 Å². The molecule has 0 saturated carbocycles. The fraction of sp³-hybridized carbons (Fsp3) is 0.385. The second-order valence-electron chi connectivity index (χ2n) is 4.28. The van der Waals surface area contributed by atoms with Gasteiger partial charge >= 0.3 is 0 Å². The smallest absolute Gasteiger partial charge is 0.227 e. The Morgan fingerprint density at radius 2 is 2.33 bits per heavy atom. The molecule has 0 spiro atoms. The van der Waals surface area contributed by atoms with Gasteiger partial charge in [-0.3, -0.25) is 9.59 Å². The zero-order valence-electron chi connectivity index (χ0n) is 10.1. The molecule has 1 unspecified atom stereocenters. The van der Waals surface area contributed by atoms with Crippen molar-refractivity contribution < 1.29 is 14.0 Å². The molecule has 0 bridgehead atoms. The van der Waals surface area contributed by atoms with Gasteiger partial charge in [-0.05, 0) is 25.1 Å². The lowest BCUT2D eigenvalue weighted by atomic mass is 10.1. The minimum Gasteiger partial charge on any atom is -0.356 e. The molecule has 4 nitrogen and oxygen atoms in total. The quantitative estimate of drug-likeness (QED) is 0.879. The van der Waals surface area contributed by atoms with Gasteiger partial charge in [0.25, 0.3) is 0 Å². The maximum atomic E-state index is 13.1. The van der Waals surface area contributed by atoms with E-state index in [0.717, 1.165) is 0 Å². The molecule has 1 saturated heterocycles. The van der Waals surface area contributed by atoms with Crippen molar-refractivity contribution in [2.75, 3.05) is 18.0 Å². The number of benzene rings is 1. The Balaban J connectivity index is 2.12. The second kappa shape index (κ2) is 5.16. The summed E-state index contributed by atoms with van der Waals surface area (Å²) in [4.78, 5) is 25.0. The molecule has 96 valence electrons. The average Bonchev–Trinajstić information content (AvgIpc) is 2.72. The molecule has 1 fully saturated rings. The van der Waals surface area contributed by atoms with Crippen LogP contribution in [0.25, 0.3) is 0 Å². The van der Waals surface area contributed by atoms with Crippen molar-refractivity contribution >= 4 is 17.5 Å². The van der Waals surface area contributed by atoms with Crippen LogP contribution < -0.4 is 10.2 Å². The van der Waals surface area contributed by atoms with Crippen LogP contribution in [0.4, 0.5) is 10.1 Å². The largest absolute Gasteiger partial charge is 0.356 e. The first-order valence-electron chi connectivity index (χ1n) is 5.95. The number of nitrogens with one attached hydrogen (secondary N) is 1. The number of anilines is 1. The molecule has 0 aliphatic carbocycles. The molecule has 2 rings (SSSR count). The number of carbonyl (C=O) groups is 2. The zero-order chi connectivity index (χ0) is 13.1. The van der Waals surface area contributed by atoms with Crippen molar-refractivity contribution in [3.8, 4) is 0 Å². The maximum absolute atomic E-state index is 13.1. The lowest BCUT2D eigenvalue weighted by molar-refractivity contribution is -0.126. The number of amides is 2. The first-order valence-corrected chi connectivity index (χ1v) is 5.95. The van der Waals surface area contributed by atoms with Gasteiger partial charge in [-0.2, -0.15) is 0 Å². The Kier molecular flexibility index (Phi) is 3.60. The van der Waals surface area contributed by atoms with E-state index in [1.54, 1.807) is 12.1 Å². The highest BCUT2D eigenvalue weighted by molar-refractivity contribution is 6.00. The van der Waals surface area contributed by atoms with Gasteiger partial charge in [0.2, 0.25) is 11.8 Å². The molecular weight excluding hydrogens is 235 g/mol. The van der Waals surface area contributed by atoms with Crippen molar-refractivity contribution in [3.63, 3.8) is 0 Å². The number of halogens is 1. The van der Waals surface area contributed by atoms with Crippen LogP contribution in [0.5, 0.6) is 0 Å². The molecule has 1 atom stereocenters. The summed E-state index contributed by atoms with van der Waals surface area (Å²) < 4.78 is 13.1. The zero-order valence-corrected chi connectivity index (χ0v) is 10.1. The third kappa shape index (κ3) is 2.50. The summed E-state index contributed by atoms with van der Waals surface area (Å²) in [5.74, 6) is -0.996. The monoisotopic (exact) mass is 250 g/mol. The van der Waals surface area contributed by atoms with Crippen molar-refractivity contribution in [3.05, 3.63) is 30.1 Å². The van der Waals surface area contributed by atoms with Gasteiger partial charge in [-0.25, -0.2) is 4.39 Å². The lowest BCUT2D eigenvalue weighted by Crippen LogP contribution is -2.32. The van der Waals surface area contributed by atoms with Crippen LogP contribution in [0.15, 0.2) is 24.3 Å². The van der Waals surface area contributed by atoms with E-state index in [2.05, 4.69) is 5.32 Å². The van der Waals surface area contributed by atoms with Crippen LogP contribution in [0.2, 0.25) is 0 Å². The van der Waals surface area contributed by atoms with Crippen molar-refractivity contribution in [1.82, 2.24) is 5.32 Å². The van der Waals surface area contributed by atoms with Crippen molar-refractivity contribution in [2.24, 2.45) is 5.92 Å². The van der Waals surface area contributed by atoms with Gasteiger partial charge in [0, 0.05) is 25.2 Å². The lowest BCUT2D eigenvalue weighted by Gasteiger charge is -2.16. The van der Waals surface area contributed by atoms with Gasteiger partial charge in [0.15, 0.2) is 0 Å². The molecule has 1 N–H and O–H groups in total. The summed E-state index contributed by atoms with van der Waals surface area (Å²) >= 11 is 0. The Labute approximate surface area is 105 Å². The van der Waals surface area contributed by atoms with Gasteiger partial charge in [-0.1, -0.05) is 6.07 Å². The highest BCUT2D eigenvalue weighted by atomic mass is 19.1. The molecule has 5 heteroatoms. The Morgan fingerprint density at radius 1 is 1.56 bits per heavy atom. The van der Waals surface area contributed by atoms with Crippen molar-refractivity contribution in [2.45, 2.75) is 13.3 Å². The third-order valence-corrected chi connectivity index (χ3v) is 2.97. The molecule has 1 aromatic carbocycles. The second-order valence-corrected chi connectivity index (χ2v) is 4.28. The predicted octanol–water partition coefficient (Wildman–Crippen LogP) is 1.31. The minimum absolute atomic E-state index is 0.121. The molecular formula is C13H15FN2O2. The SMILES string of the molecule is CCNC(=O)C1CC(=O)N(c2cccc(F)c2)C1.